The van der Waals surface area contributed by atoms with Crippen LogP contribution in [-0.2, 0) is 14.3 Å². The van der Waals surface area contributed by atoms with Crippen molar-refractivity contribution in [1.29, 1.82) is 0 Å². The van der Waals surface area contributed by atoms with Crippen molar-refractivity contribution in [2.75, 3.05) is 31.6 Å². The molecule has 3 rings (SSSR count). The van der Waals surface area contributed by atoms with Gasteiger partial charge in [-0.15, -0.1) is 0 Å². The normalized spacial score (nSPS) is 22.0. The highest BCUT2D eigenvalue weighted by Gasteiger charge is 2.32. The van der Waals surface area contributed by atoms with Gasteiger partial charge in [0, 0.05) is 23.8 Å². The van der Waals surface area contributed by atoms with E-state index in [1.807, 2.05) is 0 Å². The van der Waals surface area contributed by atoms with E-state index in [0.717, 1.165) is 0 Å². The Labute approximate surface area is 165 Å². The van der Waals surface area contributed by atoms with E-state index in [1.165, 1.54) is 45.2 Å². The third-order valence-electron chi connectivity index (χ3n) is 5.62. The molecular weight excluding hydrogens is 358 g/mol. The summed E-state index contributed by atoms with van der Waals surface area (Å²) in [5.41, 5.74) is 0.977. The van der Waals surface area contributed by atoms with Crippen molar-refractivity contribution >= 4 is 23.5 Å². The van der Waals surface area contributed by atoms with Gasteiger partial charge in [0.1, 0.15) is 0 Å². The average molecular weight is 387 g/mol. The summed E-state index contributed by atoms with van der Waals surface area (Å²) in [5.74, 6) is -1.35. The summed E-state index contributed by atoms with van der Waals surface area (Å²) in [6.45, 7) is 4.85. The molecule has 0 aromatic heterocycles. The van der Waals surface area contributed by atoms with E-state index < -0.39 is 11.9 Å². The van der Waals surface area contributed by atoms with Crippen LogP contribution in [-0.4, -0.2) is 55.0 Å². The third-order valence-corrected chi connectivity index (χ3v) is 5.62. The quantitative estimate of drug-likeness (QED) is 0.597. The van der Waals surface area contributed by atoms with Gasteiger partial charge in [0.25, 0.3) is 5.91 Å². The van der Waals surface area contributed by atoms with Gasteiger partial charge in [0.2, 0.25) is 0 Å². The number of amides is 2. The Balaban J connectivity index is 1.50. The summed E-state index contributed by atoms with van der Waals surface area (Å²) in [5, 5.41) is 5.53. The number of carbonyl (C=O) groups excluding carboxylic acids is 3. The number of hydrogen-bond donors (Lipinski definition) is 2. The number of anilines is 1. The van der Waals surface area contributed by atoms with Crippen LogP contribution in [0.4, 0.5) is 5.69 Å². The van der Waals surface area contributed by atoms with Crippen LogP contribution in [0.2, 0.25) is 0 Å². The maximum atomic E-state index is 12.5. The number of piperidine rings is 2. The van der Waals surface area contributed by atoms with Crippen LogP contribution in [0.5, 0.6) is 0 Å². The van der Waals surface area contributed by atoms with Gasteiger partial charge in [-0.2, -0.15) is 0 Å². The van der Waals surface area contributed by atoms with E-state index in [9.17, 15) is 14.4 Å². The van der Waals surface area contributed by atoms with Gasteiger partial charge >= 0.3 is 11.9 Å². The first kappa shape index (κ1) is 20.3. The number of fused-ring (bicyclic) bond motifs is 1. The average Bonchev–Trinajstić information content (AvgIpc) is 2.72. The number of ether oxygens (including phenoxy) is 1. The SMILES string of the molecule is CCOC(=O)C(=O)Nc1ccc(C(=O)NCC2CCCN3CCCCC23)cc1. The second-order valence-corrected chi connectivity index (χ2v) is 7.46. The van der Waals surface area contributed by atoms with Crippen molar-refractivity contribution in [3.05, 3.63) is 29.8 Å². The van der Waals surface area contributed by atoms with Crippen LogP contribution in [0.25, 0.3) is 0 Å². The predicted octanol–water partition coefficient (Wildman–Crippen LogP) is 2.18. The Morgan fingerprint density at radius 3 is 2.57 bits per heavy atom. The molecule has 1 aromatic rings. The minimum Gasteiger partial charge on any atom is -0.459 e. The number of nitrogens with one attached hydrogen (secondary N) is 2. The zero-order chi connectivity index (χ0) is 19.9. The Bertz CT molecular complexity index is 702. The lowest BCUT2D eigenvalue weighted by molar-refractivity contribution is -0.152. The van der Waals surface area contributed by atoms with E-state index in [2.05, 4.69) is 20.3 Å². The van der Waals surface area contributed by atoms with Crippen molar-refractivity contribution in [2.45, 2.75) is 45.1 Å². The monoisotopic (exact) mass is 387 g/mol. The Hall–Kier alpha value is -2.41. The van der Waals surface area contributed by atoms with E-state index in [4.69, 9.17) is 0 Å². The molecule has 0 bridgehead atoms. The molecule has 2 heterocycles. The fourth-order valence-electron chi connectivity index (χ4n) is 4.22. The third kappa shape index (κ3) is 5.10. The number of hydrogen-bond acceptors (Lipinski definition) is 5. The maximum Gasteiger partial charge on any atom is 0.397 e. The van der Waals surface area contributed by atoms with Gasteiger partial charge < -0.3 is 20.3 Å². The van der Waals surface area contributed by atoms with Gasteiger partial charge in [-0.05, 0) is 75.9 Å². The lowest BCUT2D eigenvalue weighted by Crippen LogP contribution is -2.51. The van der Waals surface area contributed by atoms with Gasteiger partial charge in [0.05, 0.1) is 6.61 Å². The van der Waals surface area contributed by atoms with E-state index in [1.54, 1.807) is 31.2 Å². The van der Waals surface area contributed by atoms with E-state index in [0.29, 0.717) is 29.8 Å². The van der Waals surface area contributed by atoms with Crippen LogP contribution >= 0.6 is 0 Å². The number of carbonyl (C=O) groups is 3. The number of rotatable bonds is 5. The first-order valence-corrected chi connectivity index (χ1v) is 10.2. The highest BCUT2D eigenvalue weighted by Crippen LogP contribution is 2.30. The van der Waals surface area contributed by atoms with Crippen molar-refractivity contribution < 1.29 is 19.1 Å². The standard InChI is InChI=1S/C21H29N3O4/c1-2-28-21(27)20(26)23-17-10-8-15(9-11-17)19(25)22-14-16-6-5-13-24-12-4-3-7-18(16)24/h8-11,16,18H,2-7,12-14H2,1H3,(H,22,25)(H,23,26). The Kier molecular flexibility index (Phi) is 7.03. The molecule has 0 spiro atoms. The van der Waals surface area contributed by atoms with Crippen molar-refractivity contribution in [3.8, 4) is 0 Å². The smallest absolute Gasteiger partial charge is 0.397 e. The minimum atomic E-state index is -0.923. The van der Waals surface area contributed by atoms with Gasteiger partial charge in [-0.3, -0.25) is 9.59 Å². The molecule has 0 radical (unpaired) electrons. The second-order valence-electron chi connectivity index (χ2n) is 7.46. The Morgan fingerprint density at radius 1 is 1.07 bits per heavy atom. The molecule has 7 heteroatoms. The highest BCUT2D eigenvalue weighted by atomic mass is 16.5. The molecule has 152 valence electrons. The first-order chi connectivity index (χ1) is 13.6. The van der Waals surface area contributed by atoms with Crippen LogP contribution in [0.15, 0.2) is 24.3 Å². The largest absolute Gasteiger partial charge is 0.459 e. The summed E-state index contributed by atoms with van der Waals surface area (Å²) < 4.78 is 4.65. The fourth-order valence-corrected chi connectivity index (χ4v) is 4.22. The maximum absolute atomic E-state index is 12.5. The molecule has 0 aliphatic carbocycles. The van der Waals surface area contributed by atoms with Gasteiger partial charge in [-0.25, -0.2) is 4.79 Å². The second kappa shape index (κ2) is 9.68. The molecule has 2 fully saturated rings. The molecule has 28 heavy (non-hydrogen) atoms. The van der Waals surface area contributed by atoms with Crippen LogP contribution in [0.1, 0.15) is 49.4 Å². The molecule has 2 N–H and O–H groups in total. The summed E-state index contributed by atoms with van der Waals surface area (Å²) >= 11 is 0. The molecule has 2 atom stereocenters. The topological polar surface area (TPSA) is 87.7 Å². The molecule has 2 aliphatic rings. The Morgan fingerprint density at radius 2 is 1.82 bits per heavy atom. The molecule has 1 aromatic carbocycles. The fraction of sp³-hybridized carbons (Fsp3) is 0.571. The first-order valence-electron chi connectivity index (χ1n) is 10.2. The summed E-state index contributed by atoms with van der Waals surface area (Å²) in [4.78, 5) is 38.1. The number of nitrogens with zero attached hydrogens (tertiary/aromatic N) is 1. The van der Waals surface area contributed by atoms with Crippen molar-refractivity contribution in [1.82, 2.24) is 10.2 Å². The lowest BCUT2D eigenvalue weighted by Gasteiger charge is -2.44. The summed E-state index contributed by atoms with van der Waals surface area (Å²) in [6.07, 6.45) is 6.17. The van der Waals surface area contributed by atoms with Gasteiger partial charge in [0.15, 0.2) is 0 Å². The molecule has 2 saturated heterocycles. The minimum absolute atomic E-state index is 0.115. The molecule has 2 amide bonds. The van der Waals surface area contributed by atoms with Crippen LogP contribution in [0.3, 0.4) is 0 Å². The molecule has 7 nitrogen and oxygen atoms in total. The zero-order valence-electron chi connectivity index (χ0n) is 16.4. The molecule has 2 aliphatic heterocycles. The summed E-state index contributed by atoms with van der Waals surface area (Å²) in [6, 6.07) is 7.10. The molecule has 0 saturated carbocycles. The predicted molar refractivity (Wildman–Crippen MR) is 106 cm³/mol. The number of esters is 1. The van der Waals surface area contributed by atoms with Crippen molar-refractivity contribution in [2.24, 2.45) is 5.92 Å². The van der Waals surface area contributed by atoms with Crippen molar-refractivity contribution in [3.63, 3.8) is 0 Å². The van der Waals surface area contributed by atoms with E-state index >= 15 is 0 Å². The molecule has 2 unspecified atom stereocenters. The number of benzene rings is 1. The van der Waals surface area contributed by atoms with Crippen LogP contribution in [0, 0.1) is 5.92 Å². The van der Waals surface area contributed by atoms with Crippen LogP contribution < -0.4 is 10.6 Å². The van der Waals surface area contributed by atoms with Gasteiger partial charge in [-0.1, -0.05) is 6.42 Å². The lowest BCUT2D eigenvalue weighted by atomic mass is 9.83. The van der Waals surface area contributed by atoms with E-state index in [-0.39, 0.29) is 12.5 Å². The molecular formula is C21H29N3O4. The summed E-state index contributed by atoms with van der Waals surface area (Å²) in [7, 11) is 0. The highest BCUT2D eigenvalue weighted by molar-refractivity contribution is 6.37. The zero-order valence-corrected chi connectivity index (χ0v) is 16.4.